The number of ether oxygens (including phenoxy) is 2. The summed E-state index contributed by atoms with van der Waals surface area (Å²) in [5, 5.41) is 49.4. The van der Waals surface area contributed by atoms with Gasteiger partial charge in [-0.3, -0.25) is 4.98 Å². The van der Waals surface area contributed by atoms with Gasteiger partial charge in [0.05, 0.1) is 61.2 Å². The average Bonchev–Trinajstić information content (AvgIpc) is 4.03. The van der Waals surface area contributed by atoms with E-state index in [1.807, 2.05) is 30.3 Å². The molecular weight excluding hydrogens is 1000 g/mol. The minimum Gasteiger partial charge on any atom is -0.495 e. The lowest BCUT2D eigenvalue weighted by molar-refractivity contribution is -0.127. The van der Waals surface area contributed by atoms with E-state index in [2.05, 4.69) is 35.6 Å². The van der Waals surface area contributed by atoms with Crippen molar-refractivity contribution in [1.82, 2.24) is 35.6 Å². The van der Waals surface area contributed by atoms with E-state index in [1.54, 1.807) is 64.2 Å². The van der Waals surface area contributed by atoms with E-state index >= 15 is 0 Å². The molecule has 8 rings (SSSR count). The summed E-state index contributed by atoms with van der Waals surface area (Å²) >= 11 is 1.91. The first-order valence-electron chi connectivity index (χ1n) is 22.0. The third-order valence-corrected chi connectivity index (χ3v) is 14.0. The van der Waals surface area contributed by atoms with Crippen molar-refractivity contribution in [3.63, 3.8) is 0 Å². The first-order valence-corrected chi connectivity index (χ1v) is 23.6. The molecule has 0 unspecified atom stereocenters. The van der Waals surface area contributed by atoms with Crippen molar-refractivity contribution < 1.29 is 61.0 Å². The van der Waals surface area contributed by atoms with Crippen molar-refractivity contribution in [2.24, 2.45) is 0 Å². The Balaban J connectivity index is 0.000000235. The summed E-state index contributed by atoms with van der Waals surface area (Å²) in [6.45, 7) is 5.59. The fourth-order valence-electron chi connectivity index (χ4n) is 8.57. The molecule has 0 radical (unpaired) electrons. The number of benzene rings is 1. The maximum absolute atomic E-state index is 12.9. The quantitative estimate of drug-likeness (QED) is 0.0682. The number of aliphatic hydroxyl groups excluding tert-OH is 4. The van der Waals surface area contributed by atoms with Gasteiger partial charge < -0.3 is 50.3 Å². The molecule has 71 heavy (non-hydrogen) atoms. The number of carbonyl (C=O) groups is 1. The van der Waals surface area contributed by atoms with Crippen LogP contribution < -0.4 is 25.2 Å². The normalized spacial score (nSPS) is 22.4. The van der Waals surface area contributed by atoms with E-state index in [0.29, 0.717) is 50.8 Å². The number of halogens is 7. The Labute approximate surface area is 418 Å². The molecule has 6 N–H and O–H groups in total. The molecule has 8 atom stereocenters. The molecular formula is C46H54ClF6N9O7S2. The van der Waals surface area contributed by atoms with Gasteiger partial charge >= 0.3 is 18.4 Å². The van der Waals surface area contributed by atoms with Gasteiger partial charge in [0.25, 0.3) is 0 Å². The number of pyridine rings is 1. The van der Waals surface area contributed by atoms with Crippen LogP contribution in [0.2, 0.25) is 0 Å². The molecule has 0 bridgehead atoms. The van der Waals surface area contributed by atoms with Crippen LogP contribution in [0.3, 0.4) is 0 Å². The summed E-state index contributed by atoms with van der Waals surface area (Å²) in [6.07, 6.45) is -9.49. The maximum atomic E-state index is 12.9. The lowest BCUT2D eigenvalue weighted by Gasteiger charge is -2.28. The number of methoxy groups -OCH3 is 1. The molecule has 386 valence electrons. The number of anilines is 2. The largest absolute Gasteiger partial charge is 0.495 e. The smallest absolute Gasteiger partial charge is 0.407 e. The second kappa shape index (κ2) is 22.3. The van der Waals surface area contributed by atoms with Gasteiger partial charge in [0.15, 0.2) is 0 Å². The van der Waals surface area contributed by atoms with Crippen LogP contribution in [0.1, 0.15) is 48.9 Å². The highest BCUT2D eigenvalue weighted by atomic mass is 35.5. The first kappa shape index (κ1) is 55.1. The van der Waals surface area contributed by atoms with Crippen LogP contribution in [0.25, 0.3) is 31.6 Å². The van der Waals surface area contributed by atoms with Crippen LogP contribution in [-0.2, 0) is 24.1 Å². The summed E-state index contributed by atoms with van der Waals surface area (Å²) < 4.78 is 87.5. The molecule has 25 heteroatoms. The molecule has 2 aliphatic carbocycles. The van der Waals surface area contributed by atoms with Crippen LogP contribution >= 0.6 is 35.1 Å². The number of hydrogen-bond acceptors (Lipinski definition) is 17. The molecule has 6 aromatic rings. The number of nitrogens with zero attached hydrogens (tertiary/aromatic N) is 7. The maximum Gasteiger partial charge on any atom is 0.407 e. The number of aromatic nitrogens is 5. The van der Waals surface area contributed by atoms with Crippen LogP contribution in [0.4, 0.5) is 42.8 Å². The second-order valence-corrected chi connectivity index (χ2v) is 20.4. The fraction of sp³-hybridized carbons (Fsp3) is 0.478. The predicted octanol–water partition coefficient (Wildman–Crippen LogP) is 7.00. The molecule has 5 heterocycles. The SMILES string of the molecule is CN(c1ncnc2sc(CC(F)(F)F)cc12)[C@H]1C[C@@H](NC(=O)OC(C)(C)C)[C@H](O)[C@@H]1O.COc1cncc(-c2ccc(CN[C@@H]3C[C@H](N(C)c4ncnc5sc(CC(F)(F)F)cc45)[C@@H](O)[C@H]3O)cc2)c1.Cl. The van der Waals surface area contributed by atoms with Gasteiger partial charge in [-0.1, -0.05) is 24.3 Å². The number of rotatable bonds is 12. The zero-order valence-electron chi connectivity index (χ0n) is 39.1. The predicted molar refractivity (Wildman–Crippen MR) is 259 cm³/mol. The molecule has 2 saturated carbocycles. The van der Waals surface area contributed by atoms with Gasteiger partial charge in [-0.2, -0.15) is 26.3 Å². The zero-order chi connectivity index (χ0) is 50.9. The highest BCUT2D eigenvalue weighted by Gasteiger charge is 2.46. The van der Waals surface area contributed by atoms with Crippen molar-refractivity contribution in [2.75, 3.05) is 31.0 Å². The van der Waals surface area contributed by atoms with Gasteiger partial charge in [-0.05, 0) is 62.9 Å². The molecule has 0 spiro atoms. The number of carbonyl (C=O) groups excluding carboxylic acids is 1. The number of alkyl carbamates (subject to hydrolysis) is 1. The van der Waals surface area contributed by atoms with E-state index in [0.717, 1.165) is 39.4 Å². The number of hydrogen-bond donors (Lipinski definition) is 6. The van der Waals surface area contributed by atoms with Crippen molar-refractivity contribution in [2.45, 2.75) is 120 Å². The number of alkyl halides is 6. The number of fused-ring (bicyclic) bond motifs is 2. The lowest BCUT2D eigenvalue weighted by atomic mass is 10.1. The third-order valence-electron chi connectivity index (χ3n) is 11.9. The van der Waals surface area contributed by atoms with E-state index < -0.39 is 85.5 Å². The van der Waals surface area contributed by atoms with E-state index in [1.165, 1.54) is 24.8 Å². The molecule has 2 aliphatic rings. The lowest BCUT2D eigenvalue weighted by Crippen LogP contribution is -2.45. The Morgan fingerprint density at radius 2 is 1.21 bits per heavy atom. The molecule has 1 amide bonds. The van der Waals surface area contributed by atoms with Crippen molar-refractivity contribution >= 4 is 73.2 Å². The fourth-order valence-corrected chi connectivity index (χ4v) is 10.6. The number of aliphatic hydroxyl groups is 4. The Morgan fingerprint density at radius 1 is 0.718 bits per heavy atom. The van der Waals surface area contributed by atoms with Crippen LogP contribution in [0.5, 0.6) is 5.75 Å². The second-order valence-electron chi connectivity index (χ2n) is 18.2. The van der Waals surface area contributed by atoms with E-state index in [-0.39, 0.29) is 28.6 Å². The van der Waals surface area contributed by atoms with E-state index in [9.17, 15) is 51.6 Å². The molecule has 16 nitrogen and oxygen atoms in total. The first-order chi connectivity index (χ1) is 32.9. The van der Waals surface area contributed by atoms with Gasteiger partial charge in [0.1, 0.15) is 63.6 Å². The van der Waals surface area contributed by atoms with Crippen molar-refractivity contribution in [3.8, 4) is 16.9 Å². The molecule has 0 aliphatic heterocycles. The van der Waals surface area contributed by atoms with Crippen LogP contribution in [-0.4, -0.2) is 139 Å². The standard InChI is InChI=1S/C27H28F3N5O3S.C19H25F3N4O4S.ClH/c1-35(25-20-8-19(10-27(28,29)30)39-26(20)34-14-33-25)22-9-21(23(36)24(22)37)32-11-15-3-5-16(6-4-15)17-7-18(38-2)13-31-12-17;1-18(2,3)30-17(29)25-11-6-12(14(28)13(11)27)26(4)15-10-5-9(7-19(20,21)22)31-16(10)24-8-23-15;/h3-8,12-14,21-24,32,36-37H,9-11H2,1-2H3;5,8,11-14,27-28H,6-7H2,1-4H3,(H,25,29);1H/t21-,22+,23+,24-;11-,12+,13+,14-;/m11./s1. The zero-order valence-corrected chi connectivity index (χ0v) is 41.6. The van der Waals surface area contributed by atoms with Crippen LogP contribution in [0, 0.1) is 0 Å². The van der Waals surface area contributed by atoms with Gasteiger partial charge in [0.2, 0.25) is 0 Å². The van der Waals surface area contributed by atoms with Gasteiger partial charge in [-0.25, -0.2) is 24.7 Å². The molecule has 2 fully saturated rings. The number of nitrogens with one attached hydrogen (secondary N) is 2. The summed E-state index contributed by atoms with van der Waals surface area (Å²) in [6, 6.07) is 10.4. The minimum atomic E-state index is -4.34. The molecule has 0 saturated heterocycles. The number of thiophene rings is 2. The van der Waals surface area contributed by atoms with Crippen molar-refractivity contribution in [1.29, 1.82) is 0 Å². The Morgan fingerprint density at radius 3 is 1.69 bits per heavy atom. The highest BCUT2D eigenvalue weighted by molar-refractivity contribution is 7.19. The summed E-state index contributed by atoms with van der Waals surface area (Å²) in [7, 11) is 4.94. The summed E-state index contributed by atoms with van der Waals surface area (Å²) in [5.74, 6) is 1.43. The van der Waals surface area contributed by atoms with Crippen LogP contribution in [0.15, 0.2) is 67.5 Å². The Hall–Kier alpha value is -5.21. The number of likely N-dealkylation sites (N-methyl/N-ethyl adjacent to an activating group) is 2. The van der Waals surface area contributed by atoms with Gasteiger partial charge in [-0.15, -0.1) is 35.1 Å². The highest BCUT2D eigenvalue weighted by Crippen LogP contribution is 2.38. The van der Waals surface area contributed by atoms with E-state index in [4.69, 9.17) is 9.47 Å². The summed E-state index contributed by atoms with van der Waals surface area (Å²) in [4.78, 5) is 37.3. The van der Waals surface area contributed by atoms with Gasteiger partial charge in [0, 0.05) is 48.2 Å². The van der Waals surface area contributed by atoms with Crippen molar-refractivity contribution in [3.05, 3.63) is 82.8 Å². The number of amides is 1. The molecule has 1 aromatic carbocycles. The third kappa shape index (κ3) is 13.7. The average molecular weight is 1060 g/mol. The molecule has 5 aromatic heterocycles. The topological polar surface area (TPSA) is 211 Å². The Kier molecular flexibility index (Phi) is 17.3. The minimum absolute atomic E-state index is 0. The monoisotopic (exact) mass is 1060 g/mol. The Bertz CT molecular complexity index is 2750. The summed E-state index contributed by atoms with van der Waals surface area (Å²) in [5.41, 5.74) is 2.21.